The van der Waals surface area contributed by atoms with Crippen molar-refractivity contribution in [1.82, 2.24) is 5.09 Å². The van der Waals surface area contributed by atoms with E-state index >= 15 is 0 Å². The molecule has 0 spiro atoms. The predicted octanol–water partition coefficient (Wildman–Crippen LogP) is 5.40. The van der Waals surface area contributed by atoms with Crippen LogP contribution in [-0.4, -0.2) is 23.0 Å². The number of benzene rings is 2. The summed E-state index contributed by atoms with van der Waals surface area (Å²) in [6.07, 6.45) is -0.393. The molecule has 0 radical (unpaired) electrons. The van der Waals surface area contributed by atoms with Gasteiger partial charge < -0.3 is 13.8 Å². The van der Waals surface area contributed by atoms with Crippen molar-refractivity contribution in [2.24, 2.45) is 0 Å². The number of nitrogens with zero attached hydrogens (tertiary/aromatic N) is 1. The molecule has 0 unspecified atom stereocenters. The molecule has 0 heterocycles. The van der Waals surface area contributed by atoms with Gasteiger partial charge in [0.2, 0.25) is 0 Å². The van der Waals surface area contributed by atoms with Crippen LogP contribution >= 0.6 is 30.9 Å². The normalized spacial score (nSPS) is 13.9. The standard InChI is InChI=1S/C18H19Cl2N2O7P/c1-11(2)27-18(23)12(3)21-30(26,28-16-7-5-4-6-14(16)19)29-17-9-8-13(22(24)25)10-15(17)20/h4-12H,1-3H3,(H,21,26)/t12-,30+/m0/s1. The van der Waals surface area contributed by atoms with E-state index in [1.165, 1.54) is 25.1 Å². The lowest BCUT2D eigenvalue weighted by Crippen LogP contribution is -2.36. The molecule has 0 amide bonds. The van der Waals surface area contributed by atoms with Crippen LogP contribution in [0.5, 0.6) is 11.5 Å². The van der Waals surface area contributed by atoms with Crippen LogP contribution in [0.15, 0.2) is 42.5 Å². The van der Waals surface area contributed by atoms with Crippen molar-refractivity contribution in [3.8, 4) is 11.5 Å². The third-order valence-corrected chi connectivity index (χ3v) is 5.64. The Balaban J connectivity index is 2.35. The second kappa shape index (κ2) is 10.1. The van der Waals surface area contributed by atoms with Crippen molar-refractivity contribution in [3.63, 3.8) is 0 Å². The summed E-state index contributed by atoms with van der Waals surface area (Å²) in [4.78, 5) is 22.4. The van der Waals surface area contributed by atoms with E-state index in [4.69, 9.17) is 37.0 Å². The van der Waals surface area contributed by atoms with E-state index in [0.717, 1.165) is 12.1 Å². The predicted molar refractivity (Wildman–Crippen MR) is 112 cm³/mol. The minimum absolute atomic E-state index is 0.0254. The molecule has 0 bridgehead atoms. The van der Waals surface area contributed by atoms with Gasteiger partial charge in [-0.05, 0) is 39.0 Å². The van der Waals surface area contributed by atoms with Crippen molar-refractivity contribution in [1.29, 1.82) is 0 Å². The van der Waals surface area contributed by atoms with Gasteiger partial charge in [0.25, 0.3) is 5.69 Å². The van der Waals surface area contributed by atoms with Gasteiger partial charge in [-0.25, -0.2) is 4.57 Å². The number of ether oxygens (including phenoxy) is 1. The van der Waals surface area contributed by atoms with Crippen LogP contribution in [0.2, 0.25) is 10.0 Å². The Morgan fingerprint density at radius 2 is 1.67 bits per heavy atom. The van der Waals surface area contributed by atoms with Crippen molar-refractivity contribution >= 4 is 42.6 Å². The van der Waals surface area contributed by atoms with Gasteiger partial charge in [0, 0.05) is 12.1 Å². The summed E-state index contributed by atoms with van der Waals surface area (Å²) in [7, 11) is -4.30. The Hall–Kier alpha value is -2.32. The van der Waals surface area contributed by atoms with E-state index in [2.05, 4.69) is 5.09 Å². The van der Waals surface area contributed by atoms with Crippen LogP contribution in [0.3, 0.4) is 0 Å². The highest BCUT2D eigenvalue weighted by atomic mass is 35.5. The molecule has 0 fully saturated rings. The fraction of sp³-hybridized carbons (Fsp3) is 0.278. The summed E-state index contributed by atoms with van der Waals surface area (Å²) < 4.78 is 29.5. The van der Waals surface area contributed by atoms with Crippen LogP contribution in [0.1, 0.15) is 20.8 Å². The Kier molecular flexibility index (Phi) is 8.09. The zero-order valence-corrected chi connectivity index (χ0v) is 18.6. The first kappa shape index (κ1) is 24.0. The Morgan fingerprint density at radius 1 is 1.07 bits per heavy atom. The van der Waals surface area contributed by atoms with Crippen molar-refractivity contribution < 1.29 is 28.1 Å². The number of halogens is 2. The number of hydrogen-bond acceptors (Lipinski definition) is 7. The molecule has 0 aliphatic carbocycles. The number of para-hydroxylation sites is 1. The van der Waals surface area contributed by atoms with Gasteiger partial charge >= 0.3 is 13.7 Å². The van der Waals surface area contributed by atoms with Crippen molar-refractivity contribution in [2.75, 3.05) is 0 Å². The highest BCUT2D eigenvalue weighted by molar-refractivity contribution is 7.52. The zero-order chi connectivity index (χ0) is 22.5. The zero-order valence-electron chi connectivity index (χ0n) is 16.2. The Bertz CT molecular complexity index is 987. The van der Waals surface area contributed by atoms with Crippen LogP contribution in [-0.2, 0) is 14.1 Å². The van der Waals surface area contributed by atoms with Gasteiger partial charge in [0.1, 0.15) is 11.8 Å². The molecule has 30 heavy (non-hydrogen) atoms. The number of esters is 1. The second-order valence-electron chi connectivity index (χ2n) is 6.32. The molecule has 2 aromatic rings. The third-order valence-electron chi connectivity index (χ3n) is 3.46. The monoisotopic (exact) mass is 476 g/mol. The Labute approximate surface area is 183 Å². The van der Waals surface area contributed by atoms with Gasteiger partial charge in [-0.15, -0.1) is 0 Å². The van der Waals surface area contributed by atoms with E-state index < -0.39 is 30.8 Å². The maximum Gasteiger partial charge on any atom is 0.513 e. The third kappa shape index (κ3) is 6.60. The van der Waals surface area contributed by atoms with E-state index in [-0.39, 0.29) is 27.2 Å². The van der Waals surface area contributed by atoms with E-state index in [0.29, 0.717) is 0 Å². The molecule has 2 aromatic carbocycles. The summed E-state index contributed by atoms with van der Waals surface area (Å²) in [5, 5.41) is 13.3. The van der Waals surface area contributed by atoms with Gasteiger partial charge in [0.15, 0.2) is 5.75 Å². The fourth-order valence-electron chi connectivity index (χ4n) is 2.15. The number of nitro benzene ring substituents is 1. The fourth-order valence-corrected chi connectivity index (χ4v) is 4.20. The maximum absolute atomic E-state index is 13.5. The quantitative estimate of drug-likeness (QED) is 0.221. The minimum Gasteiger partial charge on any atom is -0.462 e. The molecule has 0 saturated heterocycles. The minimum atomic E-state index is -4.30. The largest absolute Gasteiger partial charge is 0.513 e. The van der Waals surface area contributed by atoms with Gasteiger partial charge in [-0.1, -0.05) is 35.3 Å². The second-order valence-corrected chi connectivity index (χ2v) is 8.75. The average Bonchev–Trinajstić information content (AvgIpc) is 2.64. The summed E-state index contributed by atoms with van der Waals surface area (Å²) in [6.45, 7) is 4.74. The van der Waals surface area contributed by atoms with Crippen molar-refractivity contribution in [3.05, 3.63) is 62.6 Å². The summed E-state index contributed by atoms with van der Waals surface area (Å²) in [6, 6.07) is 8.44. The molecule has 1 N–H and O–H groups in total. The highest BCUT2D eigenvalue weighted by Crippen LogP contribution is 2.48. The van der Waals surface area contributed by atoms with E-state index in [1.807, 2.05) is 0 Å². The lowest BCUT2D eigenvalue weighted by molar-refractivity contribution is -0.384. The van der Waals surface area contributed by atoms with Gasteiger partial charge in [-0.3, -0.25) is 14.9 Å². The lowest BCUT2D eigenvalue weighted by Gasteiger charge is -2.24. The Morgan fingerprint density at radius 3 is 2.20 bits per heavy atom. The molecule has 0 saturated carbocycles. The number of non-ortho nitro benzene ring substituents is 1. The number of nitrogens with one attached hydrogen (secondary N) is 1. The first-order chi connectivity index (χ1) is 14.0. The van der Waals surface area contributed by atoms with Crippen LogP contribution < -0.4 is 14.1 Å². The smallest absolute Gasteiger partial charge is 0.462 e. The number of carbonyl (C=O) groups is 1. The number of rotatable bonds is 9. The molecule has 162 valence electrons. The molecular formula is C18H19Cl2N2O7P. The molecule has 9 nitrogen and oxygen atoms in total. The van der Waals surface area contributed by atoms with E-state index in [9.17, 15) is 19.5 Å². The molecule has 0 aliphatic rings. The molecule has 0 aliphatic heterocycles. The maximum atomic E-state index is 13.5. The van der Waals surface area contributed by atoms with Gasteiger partial charge in [-0.2, -0.15) is 5.09 Å². The number of nitro groups is 1. The molecule has 2 atom stereocenters. The lowest BCUT2D eigenvalue weighted by atomic mass is 10.3. The average molecular weight is 477 g/mol. The number of hydrogen-bond donors (Lipinski definition) is 1. The first-order valence-corrected chi connectivity index (χ1v) is 11.0. The van der Waals surface area contributed by atoms with E-state index in [1.54, 1.807) is 26.0 Å². The van der Waals surface area contributed by atoms with Crippen LogP contribution in [0, 0.1) is 10.1 Å². The van der Waals surface area contributed by atoms with Gasteiger partial charge in [0.05, 0.1) is 21.1 Å². The summed E-state index contributed by atoms with van der Waals surface area (Å²) in [5.74, 6) is -0.821. The van der Waals surface area contributed by atoms with Crippen molar-refractivity contribution in [2.45, 2.75) is 32.9 Å². The van der Waals surface area contributed by atoms with Crippen LogP contribution in [0.25, 0.3) is 0 Å². The molecule has 12 heteroatoms. The number of carbonyl (C=O) groups excluding carboxylic acids is 1. The molecular weight excluding hydrogens is 458 g/mol. The molecule has 2 rings (SSSR count). The van der Waals surface area contributed by atoms with Crippen LogP contribution in [0.4, 0.5) is 5.69 Å². The topological polar surface area (TPSA) is 117 Å². The summed E-state index contributed by atoms with van der Waals surface area (Å²) >= 11 is 12.1. The first-order valence-electron chi connectivity index (χ1n) is 8.67. The summed E-state index contributed by atoms with van der Waals surface area (Å²) in [5.41, 5.74) is -0.281. The highest BCUT2D eigenvalue weighted by Gasteiger charge is 2.35. The SMILES string of the molecule is CC(C)OC(=O)[C@H](C)N[P@@](=O)(Oc1ccccc1Cl)Oc1ccc([N+](=O)[O-])cc1Cl. The molecule has 0 aromatic heterocycles.